The van der Waals surface area contributed by atoms with Crippen LogP contribution in [0.1, 0.15) is 258 Å². The molecule has 0 saturated carbocycles. The molecule has 0 heterocycles. The summed E-state index contributed by atoms with van der Waals surface area (Å²) in [6.07, 6.45) is 91.3. The second kappa shape index (κ2) is 61.3. The number of rotatable bonds is 53. The molecule has 0 aliphatic heterocycles. The molecule has 0 spiro atoms. The third kappa shape index (κ3) is 58.6. The molecule has 0 saturated heterocycles. The maximum absolute atomic E-state index is 12.3. The average Bonchev–Trinajstić information content (AvgIpc) is 3.38. The van der Waals surface area contributed by atoms with E-state index in [1.165, 1.54) is 122 Å². The SMILES string of the molecule is CC/C=C\C/C=C\C/C=C\C/C=C\C/C=C\C/C=C\C/C=C\C/C=C\CCCCCCCCC(=O)OC(CO)COC(=O)CCCCCCCCCCCCCC/C=C\C/C=C\C/C=C\CCCCCCC. The Morgan fingerprint density at radius 3 is 0.903 bits per heavy atom. The number of aliphatic hydroxyl groups excluding tert-OH is 1. The average molecular weight is 996 g/mol. The van der Waals surface area contributed by atoms with Gasteiger partial charge in [-0.1, -0.05) is 263 Å². The van der Waals surface area contributed by atoms with Crippen molar-refractivity contribution in [1.29, 1.82) is 0 Å². The van der Waals surface area contributed by atoms with E-state index in [2.05, 4.69) is 148 Å². The van der Waals surface area contributed by atoms with Gasteiger partial charge in [-0.25, -0.2) is 0 Å². The van der Waals surface area contributed by atoms with Crippen LogP contribution < -0.4 is 0 Å². The van der Waals surface area contributed by atoms with Gasteiger partial charge in [0, 0.05) is 12.8 Å². The Labute approximate surface area is 445 Å². The molecule has 0 fully saturated rings. The Kier molecular flexibility index (Phi) is 58.0. The van der Waals surface area contributed by atoms with Crippen LogP contribution in [0.5, 0.6) is 0 Å². The molecule has 0 radical (unpaired) electrons. The molecule has 0 amide bonds. The molecule has 0 aliphatic rings. The Hall–Kier alpha value is -3.96. The Bertz CT molecular complexity index is 1500. The van der Waals surface area contributed by atoms with Gasteiger partial charge in [-0.3, -0.25) is 9.59 Å². The largest absolute Gasteiger partial charge is 0.462 e. The van der Waals surface area contributed by atoms with E-state index < -0.39 is 6.10 Å². The first kappa shape index (κ1) is 68.0. The van der Waals surface area contributed by atoms with E-state index in [-0.39, 0.29) is 25.2 Å². The molecule has 0 aromatic heterocycles. The molecule has 0 aromatic carbocycles. The van der Waals surface area contributed by atoms with Crippen LogP contribution in [0.3, 0.4) is 0 Å². The van der Waals surface area contributed by atoms with Crippen molar-refractivity contribution in [3.05, 3.63) is 134 Å². The topological polar surface area (TPSA) is 72.8 Å². The van der Waals surface area contributed by atoms with Crippen LogP contribution in [-0.4, -0.2) is 36.4 Å². The van der Waals surface area contributed by atoms with Gasteiger partial charge in [0.25, 0.3) is 0 Å². The molecule has 0 bridgehead atoms. The molecule has 72 heavy (non-hydrogen) atoms. The summed E-state index contributed by atoms with van der Waals surface area (Å²) in [5, 5.41) is 9.67. The molecule has 408 valence electrons. The van der Waals surface area contributed by atoms with Crippen LogP contribution in [0.25, 0.3) is 0 Å². The van der Waals surface area contributed by atoms with Crippen molar-refractivity contribution in [2.75, 3.05) is 13.2 Å². The predicted octanol–water partition coefficient (Wildman–Crippen LogP) is 20.4. The van der Waals surface area contributed by atoms with Crippen molar-refractivity contribution in [3.8, 4) is 0 Å². The zero-order chi connectivity index (χ0) is 52.0. The van der Waals surface area contributed by atoms with Crippen molar-refractivity contribution in [2.45, 2.75) is 264 Å². The summed E-state index contributed by atoms with van der Waals surface area (Å²) in [7, 11) is 0. The highest BCUT2D eigenvalue weighted by Gasteiger charge is 2.16. The molecule has 0 rings (SSSR count). The smallest absolute Gasteiger partial charge is 0.306 e. The Morgan fingerprint density at radius 1 is 0.333 bits per heavy atom. The summed E-state index contributed by atoms with van der Waals surface area (Å²) in [6.45, 7) is 4.01. The van der Waals surface area contributed by atoms with Gasteiger partial charge in [0.2, 0.25) is 0 Å². The van der Waals surface area contributed by atoms with E-state index in [4.69, 9.17) is 9.47 Å². The van der Waals surface area contributed by atoms with Crippen LogP contribution in [0.15, 0.2) is 134 Å². The lowest BCUT2D eigenvalue weighted by molar-refractivity contribution is -0.161. The van der Waals surface area contributed by atoms with Crippen molar-refractivity contribution < 1.29 is 24.2 Å². The summed E-state index contributed by atoms with van der Waals surface area (Å²) >= 11 is 0. The number of allylic oxidation sites excluding steroid dienone is 22. The highest BCUT2D eigenvalue weighted by molar-refractivity contribution is 5.70. The Balaban J connectivity index is 3.59. The summed E-state index contributed by atoms with van der Waals surface area (Å²) in [5.41, 5.74) is 0. The fourth-order valence-corrected chi connectivity index (χ4v) is 7.99. The fourth-order valence-electron chi connectivity index (χ4n) is 7.99. The van der Waals surface area contributed by atoms with E-state index in [1.807, 2.05) is 0 Å². The maximum atomic E-state index is 12.3. The van der Waals surface area contributed by atoms with Crippen LogP contribution in [-0.2, 0) is 19.1 Å². The third-order valence-electron chi connectivity index (χ3n) is 12.4. The van der Waals surface area contributed by atoms with Crippen molar-refractivity contribution in [3.63, 3.8) is 0 Å². The van der Waals surface area contributed by atoms with Crippen LogP contribution in [0.4, 0.5) is 0 Å². The Morgan fingerprint density at radius 2 is 0.597 bits per heavy atom. The number of hydrogen-bond acceptors (Lipinski definition) is 5. The van der Waals surface area contributed by atoms with Gasteiger partial charge < -0.3 is 14.6 Å². The first-order chi connectivity index (χ1) is 35.6. The minimum absolute atomic E-state index is 0.0805. The molecule has 5 nitrogen and oxygen atoms in total. The molecule has 1 N–H and O–H groups in total. The lowest BCUT2D eigenvalue weighted by atomic mass is 10.0. The number of esters is 2. The lowest BCUT2D eigenvalue weighted by Crippen LogP contribution is -2.28. The number of carbonyl (C=O) groups excluding carboxylic acids is 2. The summed E-state index contributed by atoms with van der Waals surface area (Å²) in [5.74, 6) is -0.614. The molecule has 0 aromatic rings. The van der Waals surface area contributed by atoms with Crippen molar-refractivity contribution >= 4 is 11.9 Å². The van der Waals surface area contributed by atoms with E-state index in [0.29, 0.717) is 12.8 Å². The summed E-state index contributed by atoms with van der Waals surface area (Å²) < 4.78 is 10.7. The standard InChI is InChI=1S/C67H110O5/c1-3-5-7-9-11-13-15-17-19-21-23-25-27-29-31-32-33-34-36-38-40-42-44-46-48-50-52-54-56-58-60-62-67(70)72-65(63-68)64-71-66(69)61-59-57-55-53-51-49-47-45-43-41-39-37-35-30-28-26-24-22-20-18-16-14-12-10-8-6-4-2/h5,7,11,13,16-19,22-25,28-31,33-34,38,40,44,46,65,68H,3-4,6,8-10,12,14-15,20-21,26-27,32,35-37,39,41-43,45,47-64H2,1-2H3/b7-5-,13-11-,18-16-,19-17-,24-22-,25-23-,30-28-,31-29-,34-33-,40-38-,46-44-. The van der Waals surface area contributed by atoms with E-state index in [9.17, 15) is 14.7 Å². The quantitative estimate of drug-likeness (QED) is 0.0373. The fraction of sp³-hybridized carbons (Fsp3) is 0.642. The van der Waals surface area contributed by atoms with Crippen LogP contribution >= 0.6 is 0 Å². The minimum atomic E-state index is -0.792. The molecular formula is C67H110O5. The number of ether oxygens (including phenoxy) is 2. The van der Waals surface area contributed by atoms with E-state index >= 15 is 0 Å². The number of carbonyl (C=O) groups is 2. The molecular weight excluding hydrogens is 885 g/mol. The normalized spacial score (nSPS) is 13.2. The van der Waals surface area contributed by atoms with Gasteiger partial charge >= 0.3 is 11.9 Å². The van der Waals surface area contributed by atoms with Gasteiger partial charge in [0.1, 0.15) is 6.61 Å². The summed E-state index contributed by atoms with van der Waals surface area (Å²) in [6, 6.07) is 0. The highest BCUT2D eigenvalue weighted by Crippen LogP contribution is 2.15. The third-order valence-corrected chi connectivity index (χ3v) is 12.4. The number of unbranched alkanes of at least 4 members (excludes halogenated alkanes) is 23. The van der Waals surface area contributed by atoms with Crippen molar-refractivity contribution in [2.24, 2.45) is 0 Å². The second-order valence-corrected chi connectivity index (χ2v) is 19.3. The zero-order valence-electron chi connectivity index (χ0n) is 46.6. The maximum Gasteiger partial charge on any atom is 0.306 e. The van der Waals surface area contributed by atoms with E-state index in [1.54, 1.807) is 0 Å². The summed E-state index contributed by atoms with van der Waals surface area (Å²) in [4.78, 5) is 24.6. The predicted molar refractivity (Wildman–Crippen MR) is 315 cm³/mol. The molecule has 0 aliphatic carbocycles. The zero-order valence-corrected chi connectivity index (χ0v) is 46.6. The second-order valence-electron chi connectivity index (χ2n) is 19.3. The van der Waals surface area contributed by atoms with Gasteiger partial charge in [0.05, 0.1) is 6.61 Å². The first-order valence-corrected chi connectivity index (χ1v) is 29.7. The van der Waals surface area contributed by atoms with Gasteiger partial charge in [-0.2, -0.15) is 0 Å². The molecule has 1 atom stereocenters. The highest BCUT2D eigenvalue weighted by atomic mass is 16.6. The van der Waals surface area contributed by atoms with E-state index in [0.717, 1.165) is 109 Å². The monoisotopic (exact) mass is 995 g/mol. The van der Waals surface area contributed by atoms with Crippen molar-refractivity contribution in [1.82, 2.24) is 0 Å². The van der Waals surface area contributed by atoms with Gasteiger partial charge in [-0.05, 0) is 116 Å². The molecule has 1 unspecified atom stereocenters. The number of aliphatic hydroxyl groups is 1. The van der Waals surface area contributed by atoms with Crippen LogP contribution in [0.2, 0.25) is 0 Å². The molecule has 5 heteroatoms. The number of hydrogen-bond donors (Lipinski definition) is 1. The van der Waals surface area contributed by atoms with Gasteiger partial charge in [0.15, 0.2) is 6.10 Å². The van der Waals surface area contributed by atoms with Gasteiger partial charge in [-0.15, -0.1) is 0 Å². The minimum Gasteiger partial charge on any atom is -0.462 e. The first-order valence-electron chi connectivity index (χ1n) is 29.7. The van der Waals surface area contributed by atoms with Crippen LogP contribution in [0, 0.1) is 0 Å². The lowest BCUT2D eigenvalue weighted by Gasteiger charge is -2.15.